The molecule has 0 aliphatic rings. The second-order valence-electron chi connectivity index (χ2n) is 3.27. The van der Waals surface area contributed by atoms with Gasteiger partial charge in [0.25, 0.3) is 0 Å². The van der Waals surface area contributed by atoms with E-state index in [1.165, 1.54) is 18.3 Å². The Morgan fingerprint density at radius 3 is 2.75 bits per heavy atom. The third kappa shape index (κ3) is 3.16. The van der Waals surface area contributed by atoms with Crippen molar-refractivity contribution in [1.29, 1.82) is 0 Å². The number of aromatic nitrogens is 1. The molecule has 16 heavy (non-hydrogen) atoms. The molecule has 1 aromatic heterocycles. The van der Waals surface area contributed by atoms with E-state index in [0.29, 0.717) is 5.56 Å². The largest absolute Gasteiger partial charge is 0.477 e. The van der Waals surface area contributed by atoms with Crippen LogP contribution in [-0.2, 0) is 0 Å². The number of alkyl halides is 1. The van der Waals surface area contributed by atoms with Crippen LogP contribution in [0.5, 0.6) is 0 Å². The highest BCUT2D eigenvalue weighted by molar-refractivity contribution is 6.17. The first kappa shape index (κ1) is 12.9. The molecule has 0 radical (unpaired) electrons. The molecule has 6 heteroatoms. The molecule has 0 saturated carbocycles. The quantitative estimate of drug-likeness (QED) is 0.668. The lowest BCUT2D eigenvalue weighted by Gasteiger charge is -2.17. The van der Waals surface area contributed by atoms with Crippen LogP contribution in [0.1, 0.15) is 28.6 Å². The lowest BCUT2D eigenvalue weighted by atomic mass is 10.0. The molecule has 3 N–H and O–H groups in total. The second kappa shape index (κ2) is 5.79. The monoisotopic (exact) mass is 245 g/mol. The van der Waals surface area contributed by atoms with Gasteiger partial charge < -0.3 is 15.3 Å². The Morgan fingerprint density at radius 2 is 2.19 bits per heavy atom. The van der Waals surface area contributed by atoms with Crippen molar-refractivity contribution in [3.63, 3.8) is 0 Å². The molecule has 88 valence electrons. The van der Waals surface area contributed by atoms with E-state index in [9.17, 15) is 15.0 Å². The second-order valence-corrected chi connectivity index (χ2v) is 3.65. The minimum Gasteiger partial charge on any atom is -0.477 e. The topological polar surface area (TPSA) is 90.7 Å². The van der Waals surface area contributed by atoms with Gasteiger partial charge in [-0.25, -0.2) is 9.78 Å². The molecule has 0 saturated heterocycles. The molecule has 1 heterocycles. The van der Waals surface area contributed by atoms with E-state index in [0.717, 1.165) is 0 Å². The van der Waals surface area contributed by atoms with E-state index < -0.39 is 18.2 Å². The number of aliphatic hydroxyl groups excluding tert-OH is 2. The van der Waals surface area contributed by atoms with E-state index in [-0.39, 0.29) is 18.0 Å². The van der Waals surface area contributed by atoms with E-state index in [1.807, 2.05) is 0 Å². The van der Waals surface area contributed by atoms with Crippen LogP contribution in [0, 0.1) is 0 Å². The van der Waals surface area contributed by atoms with Crippen molar-refractivity contribution in [2.45, 2.75) is 18.6 Å². The fraction of sp³-hybridized carbons (Fsp3) is 0.400. The van der Waals surface area contributed by atoms with Gasteiger partial charge in [0.1, 0.15) is 11.8 Å². The number of rotatable bonds is 5. The average Bonchev–Trinajstić information content (AvgIpc) is 2.28. The average molecular weight is 246 g/mol. The van der Waals surface area contributed by atoms with Gasteiger partial charge in [-0.1, -0.05) is 0 Å². The van der Waals surface area contributed by atoms with Crippen LogP contribution in [0.25, 0.3) is 0 Å². The van der Waals surface area contributed by atoms with Gasteiger partial charge in [0, 0.05) is 12.1 Å². The van der Waals surface area contributed by atoms with Crippen LogP contribution in [-0.4, -0.2) is 38.3 Å². The number of aromatic carboxylic acids is 1. The van der Waals surface area contributed by atoms with Gasteiger partial charge in [-0.2, -0.15) is 0 Å². The zero-order valence-corrected chi connectivity index (χ0v) is 9.13. The maximum absolute atomic E-state index is 10.6. The number of hydrogen-bond acceptors (Lipinski definition) is 4. The third-order valence-corrected chi connectivity index (χ3v) is 2.33. The van der Waals surface area contributed by atoms with Gasteiger partial charge in [0.15, 0.2) is 0 Å². The number of carboxylic acids is 1. The summed E-state index contributed by atoms with van der Waals surface area (Å²) in [5.41, 5.74) is 0.139. The van der Waals surface area contributed by atoms with Crippen LogP contribution >= 0.6 is 11.6 Å². The summed E-state index contributed by atoms with van der Waals surface area (Å²) in [6.45, 7) is 0. The molecule has 0 aromatic carbocycles. The predicted octanol–water partition coefficient (Wildman–Crippen LogP) is 0.803. The molecule has 0 fully saturated rings. The molecule has 0 bridgehead atoms. The molecule has 1 aromatic rings. The van der Waals surface area contributed by atoms with Crippen molar-refractivity contribution in [3.8, 4) is 0 Å². The first-order valence-electron chi connectivity index (χ1n) is 4.67. The lowest BCUT2D eigenvalue weighted by Crippen LogP contribution is -2.19. The predicted molar refractivity (Wildman–Crippen MR) is 57.5 cm³/mol. The molecule has 0 spiro atoms. The van der Waals surface area contributed by atoms with Crippen LogP contribution in [0.15, 0.2) is 18.3 Å². The van der Waals surface area contributed by atoms with Crippen LogP contribution in [0.3, 0.4) is 0 Å². The summed E-state index contributed by atoms with van der Waals surface area (Å²) in [5, 5.41) is 27.9. The number of pyridine rings is 1. The first-order chi connectivity index (χ1) is 7.56. The summed E-state index contributed by atoms with van der Waals surface area (Å²) in [4.78, 5) is 14.3. The molecule has 0 aliphatic carbocycles. The Hall–Kier alpha value is -1.17. The summed E-state index contributed by atoms with van der Waals surface area (Å²) in [6, 6.07) is 2.68. The molecule has 0 amide bonds. The van der Waals surface area contributed by atoms with Gasteiger partial charge in [0.05, 0.1) is 6.10 Å². The van der Waals surface area contributed by atoms with Crippen molar-refractivity contribution in [2.75, 3.05) is 5.88 Å². The number of aliphatic hydroxyl groups is 2. The summed E-state index contributed by atoms with van der Waals surface area (Å²) < 4.78 is 0. The lowest BCUT2D eigenvalue weighted by molar-refractivity contribution is 0.0168. The Kier molecular flexibility index (Phi) is 4.67. The summed E-state index contributed by atoms with van der Waals surface area (Å²) in [7, 11) is 0. The molecule has 0 aliphatic heterocycles. The highest BCUT2D eigenvalue weighted by Crippen LogP contribution is 2.19. The highest BCUT2D eigenvalue weighted by Gasteiger charge is 2.19. The number of carboxylic acid groups (broad SMARTS) is 1. The van der Waals surface area contributed by atoms with Crippen LogP contribution in [0.4, 0.5) is 0 Å². The van der Waals surface area contributed by atoms with E-state index in [4.69, 9.17) is 16.7 Å². The molecule has 2 atom stereocenters. The molecular weight excluding hydrogens is 234 g/mol. The van der Waals surface area contributed by atoms with Crippen molar-refractivity contribution in [2.24, 2.45) is 0 Å². The molecule has 5 nitrogen and oxygen atoms in total. The van der Waals surface area contributed by atoms with E-state index in [1.54, 1.807) is 0 Å². The molecule has 2 unspecified atom stereocenters. The Morgan fingerprint density at radius 1 is 1.50 bits per heavy atom. The SMILES string of the molecule is O=C(O)c1cc(C(O)C(O)CCCl)ccn1. The summed E-state index contributed by atoms with van der Waals surface area (Å²) >= 11 is 5.43. The fourth-order valence-corrected chi connectivity index (χ4v) is 1.46. The number of nitrogens with zero attached hydrogens (tertiary/aromatic N) is 1. The zero-order chi connectivity index (χ0) is 12.1. The van der Waals surface area contributed by atoms with Crippen LogP contribution in [0.2, 0.25) is 0 Å². The normalized spacial score (nSPS) is 14.4. The fourth-order valence-electron chi connectivity index (χ4n) is 1.24. The molecule has 1 rings (SSSR count). The zero-order valence-electron chi connectivity index (χ0n) is 8.38. The maximum Gasteiger partial charge on any atom is 0.354 e. The Bertz CT molecular complexity index is 372. The molecular formula is C10H12ClNO4. The highest BCUT2D eigenvalue weighted by atomic mass is 35.5. The minimum atomic E-state index is -1.18. The standard InChI is InChI=1S/C10H12ClNO4/c11-3-1-8(13)9(14)6-2-4-12-7(5-6)10(15)16/h2,4-5,8-9,13-14H,1,3H2,(H,15,16). The van der Waals surface area contributed by atoms with Crippen molar-refractivity contribution in [3.05, 3.63) is 29.6 Å². The maximum atomic E-state index is 10.6. The minimum absolute atomic E-state index is 0.172. The van der Waals surface area contributed by atoms with Crippen molar-refractivity contribution in [1.82, 2.24) is 4.98 Å². The Labute approximate surface area is 97.3 Å². The van der Waals surface area contributed by atoms with Gasteiger partial charge >= 0.3 is 5.97 Å². The summed E-state index contributed by atoms with van der Waals surface area (Å²) in [6.07, 6.45) is -0.663. The van der Waals surface area contributed by atoms with E-state index in [2.05, 4.69) is 4.98 Å². The smallest absolute Gasteiger partial charge is 0.354 e. The van der Waals surface area contributed by atoms with Gasteiger partial charge in [-0.05, 0) is 24.1 Å². The first-order valence-corrected chi connectivity index (χ1v) is 5.21. The van der Waals surface area contributed by atoms with Gasteiger partial charge in [0.2, 0.25) is 0 Å². The van der Waals surface area contributed by atoms with Gasteiger partial charge in [-0.3, -0.25) is 0 Å². The number of hydrogen-bond donors (Lipinski definition) is 3. The third-order valence-electron chi connectivity index (χ3n) is 2.11. The summed E-state index contributed by atoms with van der Waals surface area (Å²) in [5.74, 6) is -0.962. The van der Waals surface area contributed by atoms with Gasteiger partial charge in [-0.15, -0.1) is 11.6 Å². The number of carbonyl (C=O) groups is 1. The Balaban J connectivity index is 2.86. The number of halogens is 1. The van der Waals surface area contributed by atoms with Crippen molar-refractivity contribution < 1.29 is 20.1 Å². The van der Waals surface area contributed by atoms with Crippen LogP contribution < -0.4 is 0 Å². The van der Waals surface area contributed by atoms with E-state index >= 15 is 0 Å². The van der Waals surface area contributed by atoms with Crippen molar-refractivity contribution >= 4 is 17.6 Å².